The van der Waals surface area contributed by atoms with Gasteiger partial charge in [-0.3, -0.25) is 4.79 Å². The molecule has 7 nitrogen and oxygen atoms in total. The summed E-state index contributed by atoms with van der Waals surface area (Å²) in [6.45, 7) is 6.38. The van der Waals surface area contributed by atoms with Gasteiger partial charge < -0.3 is 16.8 Å². The minimum atomic E-state index is -0.416. The number of aromatic nitrogens is 3. The SMILES string of the molecule is Cc1cc(C2(c3cnc4c(NCC(C)(C)N)cc(Cl)nn34)CC2)ccc1C(N)=O. The van der Waals surface area contributed by atoms with Crippen LogP contribution < -0.4 is 16.8 Å². The van der Waals surface area contributed by atoms with Crippen molar-refractivity contribution in [1.29, 1.82) is 0 Å². The summed E-state index contributed by atoms with van der Waals surface area (Å²) in [5.74, 6) is -0.416. The molecule has 8 heteroatoms. The summed E-state index contributed by atoms with van der Waals surface area (Å²) in [6.07, 6.45) is 3.81. The number of halogens is 1. The number of hydrogen-bond acceptors (Lipinski definition) is 5. The van der Waals surface area contributed by atoms with Gasteiger partial charge >= 0.3 is 0 Å². The average molecular weight is 413 g/mol. The Labute approximate surface area is 174 Å². The molecule has 4 rings (SSSR count). The highest BCUT2D eigenvalue weighted by Gasteiger charge is 2.48. The van der Waals surface area contributed by atoms with E-state index in [9.17, 15) is 4.79 Å². The molecule has 0 spiro atoms. The maximum atomic E-state index is 11.6. The molecule has 152 valence electrons. The van der Waals surface area contributed by atoms with Crippen LogP contribution in [0.2, 0.25) is 5.15 Å². The summed E-state index contributed by atoms with van der Waals surface area (Å²) >= 11 is 6.32. The standard InChI is InChI=1S/C21H25ClN6O/c1-12-8-13(4-5-14(12)18(23)29)21(6-7-21)16-10-25-19-15(26-11-20(2,3)24)9-17(22)27-28(16)19/h4-5,8-10,26H,6-7,11,24H2,1-3H3,(H2,23,29). The fraction of sp³-hybridized carbons (Fsp3) is 0.381. The third-order valence-corrected chi connectivity index (χ3v) is 5.64. The molecule has 0 saturated heterocycles. The zero-order chi connectivity index (χ0) is 21.0. The van der Waals surface area contributed by atoms with E-state index in [2.05, 4.69) is 15.4 Å². The summed E-state index contributed by atoms with van der Waals surface area (Å²) in [6, 6.07) is 7.57. The Morgan fingerprint density at radius 3 is 2.66 bits per heavy atom. The van der Waals surface area contributed by atoms with Crippen molar-refractivity contribution in [2.45, 2.75) is 44.6 Å². The first-order valence-corrected chi connectivity index (χ1v) is 9.97. The number of nitrogens with two attached hydrogens (primary N) is 2. The molecule has 1 fully saturated rings. The summed E-state index contributed by atoms with van der Waals surface area (Å²) in [4.78, 5) is 16.2. The van der Waals surface area contributed by atoms with Gasteiger partial charge in [0.05, 0.1) is 17.6 Å². The Kier molecular flexibility index (Phi) is 4.55. The topological polar surface area (TPSA) is 111 Å². The average Bonchev–Trinajstić information content (AvgIpc) is 3.32. The molecule has 29 heavy (non-hydrogen) atoms. The number of anilines is 1. The molecule has 0 radical (unpaired) electrons. The second-order valence-corrected chi connectivity index (χ2v) is 8.97. The van der Waals surface area contributed by atoms with E-state index in [1.165, 1.54) is 0 Å². The first-order chi connectivity index (χ1) is 13.6. The lowest BCUT2D eigenvalue weighted by molar-refractivity contribution is 0.0999. The predicted octanol–water partition coefficient (Wildman–Crippen LogP) is 3.02. The summed E-state index contributed by atoms with van der Waals surface area (Å²) in [7, 11) is 0. The number of benzene rings is 1. The van der Waals surface area contributed by atoms with Gasteiger partial charge in [0.15, 0.2) is 10.8 Å². The zero-order valence-corrected chi connectivity index (χ0v) is 17.5. The number of carbonyl (C=O) groups is 1. The lowest BCUT2D eigenvalue weighted by Crippen LogP contribution is -2.39. The van der Waals surface area contributed by atoms with Crippen molar-refractivity contribution in [2.75, 3.05) is 11.9 Å². The molecule has 1 aromatic carbocycles. The van der Waals surface area contributed by atoms with E-state index in [-0.39, 0.29) is 11.0 Å². The molecular weight excluding hydrogens is 388 g/mol. The molecule has 1 aliphatic carbocycles. The smallest absolute Gasteiger partial charge is 0.248 e. The maximum Gasteiger partial charge on any atom is 0.248 e. The van der Waals surface area contributed by atoms with E-state index in [1.54, 1.807) is 12.1 Å². The lowest BCUT2D eigenvalue weighted by Gasteiger charge is -2.20. The molecule has 1 amide bonds. The van der Waals surface area contributed by atoms with Gasteiger partial charge in [-0.1, -0.05) is 23.7 Å². The fourth-order valence-corrected chi connectivity index (χ4v) is 3.96. The molecule has 0 unspecified atom stereocenters. The van der Waals surface area contributed by atoms with E-state index in [4.69, 9.17) is 23.1 Å². The van der Waals surface area contributed by atoms with Crippen LogP contribution in [0.4, 0.5) is 5.69 Å². The van der Waals surface area contributed by atoms with Crippen molar-refractivity contribution >= 4 is 28.8 Å². The van der Waals surface area contributed by atoms with Gasteiger partial charge in [-0.2, -0.15) is 5.10 Å². The minimum absolute atomic E-state index is 0.192. The Hall–Kier alpha value is -2.64. The van der Waals surface area contributed by atoms with Gasteiger partial charge in [0, 0.05) is 29.1 Å². The van der Waals surface area contributed by atoms with Gasteiger partial charge in [-0.25, -0.2) is 9.50 Å². The van der Waals surface area contributed by atoms with Crippen molar-refractivity contribution in [3.05, 3.63) is 58.0 Å². The Balaban J connectivity index is 1.78. The molecule has 2 heterocycles. The molecule has 1 saturated carbocycles. The minimum Gasteiger partial charge on any atom is -0.380 e. The van der Waals surface area contributed by atoms with Crippen LogP contribution in [0.3, 0.4) is 0 Å². The van der Waals surface area contributed by atoms with Gasteiger partial charge in [0.25, 0.3) is 0 Å². The van der Waals surface area contributed by atoms with Crippen molar-refractivity contribution in [3.63, 3.8) is 0 Å². The number of primary amides is 1. The summed E-state index contributed by atoms with van der Waals surface area (Å²) in [5, 5.41) is 8.23. The molecule has 0 aliphatic heterocycles. The first-order valence-electron chi connectivity index (χ1n) is 9.59. The lowest BCUT2D eigenvalue weighted by atomic mass is 9.90. The Bertz CT molecular complexity index is 1110. The second-order valence-electron chi connectivity index (χ2n) is 8.58. The number of carbonyl (C=O) groups excluding carboxylic acids is 1. The highest BCUT2D eigenvalue weighted by molar-refractivity contribution is 6.29. The maximum absolute atomic E-state index is 11.6. The van der Waals surface area contributed by atoms with E-state index in [0.29, 0.717) is 22.9 Å². The predicted molar refractivity (Wildman–Crippen MR) is 114 cm³/mol. The Morgan fingerprint density at radius 2 is 2.07 bits per heavy atom. The van der Waals surface area contributed by atoms with Gasteiger partial charge in [0.2, 0.25) is 5.91 Å². The van der Waals surface area contributed by atoms with Crippen molar-refractivity contribution < 1.29 is 4.79 Å². The third kappa shape index (κ3) is 3.56. The summed E-state index contributed by atoms with van der Waals surface area (Å²) in [5.41, 5.74) is 16.0. The zero-order valence-electron chi connectivity index (χ0n) is 16.8. The molecule has 1 aliphatic rings. The molecule has 5 N–H and O–H groups in total. The third-order valence-electron chi connectivity index (χ3n) is 5.46. The van der Waals surface area contributed by atoms with Crippen LogP contribution in [0.15, 0.2) is 30.5 Å². The fourth-order valence-electron chi connectivity index (χ4n) is 3.77. The van der Waals surface area contributed by atoms with Crippen LogP contribution in [0.1, 0.15) is 53.9 Å². The van der Waals surface area contributed by atoms with Crippen LogP contribution in [-0.2, 0) is 5.41 Å². The molecular formula is C21H25ClN6O. The van der Waals surface area contributed by atoms with Crippen molar-refractivity contribution in [1.82, 2.24) is 14.6 Å². The number of aryl methyl sites for hydroxylation is 1. The highest BCUT2D eigenvalue weighted by atomic mass is 35.5. The monoisotopic (exact) mass is 412 g/mol. The van der Waals surface area contributed by atoms with Gasteiger partial charge in [0.1, 0.15) is 0 Å². The quantitative estimate of drug-likeness (QED) is 0.576. The normalized spacial score (nSPS) is 15.5. The number of hydrogen-bond donors (Lipinski definition) is 3. The number of fused-ring (bicyclic) bond motifs is 1. The molecule has 0 bridgehead atoms. The number of nitrogens with zero attached hydrogens (tertiary/aromatic N) is 3. The number of nitrogens with one attached hydrogen (secondary N) is 1. The molecule has 3 aromatic rings. The van der Waals surface area contributed by atoms with E-state index < -0.39 is 5.91 Å². The van der Waals surface area contributed by atoms with Crippen LogP contribution in [-0.4, -0.2) is 32.6 Å². The van der Waals surface area contributed by atoms with Gasteiger partial charge in [-0.15, -0.1) is 0 Å². The van der Waals surface area contributed by atoms with E-state index >= 15 is 0 Å². The van der Waals surface area contributed by atoms with Crippen LogP contribution in [0.25, 0.3) is 5.65 Å². The Morgan fingerprint density at radius 1 is 1.34 bits per heavy atom. The van der Waals surface area contributed by atoms with E-state index in [1.807, 2.05) is 43.6 Å². The van der Waals surface area contributed by atoms with Crippen molar-refractivity contribution in [3.8, 4) is 0 Å². The van der Waals surface area contributed by atoms with Crippen LogP contribution in [0, 0.1) is 6.92 Å². The number of amides is 1. The number of imidazole rings is 1. The van der Waals surface area contributed by atoms with Crippen molar-refractivity contribution in [2.24, 2.45) is 11.5 Å². The van der Waals surface area contributed by atoms with Crippen LogP contribution in [0.5, 0.6) is 0 Å². The summed E-state index contributed by atoms with van der Waals surface area (Å²) < 4.78 is 1.82. The second kappa shape index (κ2) is 6.71. The molecule has 0 atom stereocenters. The largest absolute Gasteiger partial charge is 0.380 e. The highest BCUT2D eigenvalue weighted by Crippen LogP contribution is 2.53. The van der Waals surface area contributed by atoms with Gasteiger partial charge in [-0.05, 0) is 50.8 Å². The van der Waals surface area contributed by atoms with Crippen LogP contribution >= 0.6 is 11.6 Å². The number of rotatable bonds is 6. The first kappa shape index (κ1) is 19.7. The van der Waals surface area contributed by atoms with E-state index in [0.717, 1.165) is 35.3 Å². The molecule has 2 aromatic heterocycles.